The van der Waals surface area contributed by atoms with E-state index < -0.39 is 35.8 Å². The maximum absolute atomic E-state index is 13.3. The molecule has 0 aliphatic carbocycles. The fraction of sp³-hybridized carbons (Fsp3) is 0.385. The Morgan fingerprint density at radius 2 is 1.47 bits per heavy atom. The molecule has 192 valence electrons. The third kappa shape index (κ3) is 5.36. The van der Waals surface area contributed by atoms with Gasteiger partial charge < -0.3 is 29.2 Å². The minimum absolute atomic E-state index is 0.0000239. The van der Waals surface area contributed by atoms with Crippen molar-refractivity contribution in [3.63, 3.8) is 0 Å². The van der Waals surface area contributed by atoms with Crippen molar-refractivity contribution in [3.8, 4) is 11.5 Å². The quantitative estimate of drug-likeness (QED) is 0.452. The Morgan fingerprint density at radius 3 is 2.06 bits per heavy atom. The number of aromatic nitrogens is 2. The summed E-state index contributed by atoms with van der Waals surface area (Å²) in [5.74, 6) is 1.39. The molecule has 0 radical (unpaired) electrons. The Morgan fingerprint density at radius 1 is 0.889 bits per heavy atom. The van der Waals surface area contributed by atoms with Crippen LogP contribution in [-0.4, -0.2) is 58.5 Å². The summed E-state index contributed by atoms with van der Waals surface area (Å²) in [7, 11) is 3.14. The minimum atomic E-state index is -1.39. The van der Waals surface area contributed by atoms with Crippen molar-refractivity contribution in [2.24, 2.45) is 0 Å². The molecule has 2 heterocycles. The Bertz CT molecular complexity index is 1280. The lowest BCUT2D eigenvalue weighted by Crippen LogP contribution is -2.44. The zero-order chi connectivity index (χ0) is 25.8. The predicted octanol–water partition coefficient (Wildman–Crippen LogP) is 1.22. The van der Waals surface area contributed by atoms with Crippen LogP contribution in [0.1, 0.15) is 22.9 Å². The second-order valence-electron chi connectivity index (χ2n) is 8.65. The Hall–Kier alpha value is -3.44. The summed E-state index contributed by atoms with van der Waals surface area (Å²) < 4.78 is 24.0. The first kappa shape index (κ1) is 25.6. The van der Waals surface area contributed by atoms with Crippen LogP contribution in [0.25, 0.3) is 0 Å². The molecule has 36 heavy (non-hydrogen) atoms. The normalized spacial score (nSPS) is 21.5. The van der Waals surface area contributed by atoms with Gasteiger partial charge in [0.15, 0.2) is 6.23 Å². The second-order valence-corrected chi connectivity index (χ2v) is 8.65. The third-order valence-electron chi connectivity index (χ3n) is 6.19. The number of aliphatic hydroxyl groups is 2. The average molecular weight is 499 g/mol. The molecule has 3 aromatic rings. The summed E-state index contributed by atoms with van der Waals surface area (Å²) >= 11 is 0. The standard InChI is InChI=1S/C26H30N2O8/c1-16-12-28(26(32)27(24(16)31)13-17-4-8-19(33-2)9-5-17)25-23(30)22(29)21(36-25)15-35-14-18-6-10-20(34-3)11-7-18/h4-12,21-23,25,29-30H,13-15H2,1-3H3/t21-,22-,23-,25-/m1/s1. The SMILES string of the molecule is COc1ccc(COC[C@H]2O[C@@H](n3cc(C)c(=O)n(Cc4ccc(OC)cc4)c3=O)[C@H](O)[C@@H]2O)cc1. The highest BCUT2D eigenvalue weighted by atomic mass is 16.6. The number of rotatable bonds is 9. The maximum atomic E-state index is 13.3. The van der Waals surface area contributed by atoms with Gasteiger partial charge in [-0.25, -0.2) is 4.79 Å². The van der Waals surface area contributed by atoms with Gasteiger partial charge in [-0.1, -0.05) is 24.3 Å². The number of hydrogen-bond acceptors (Lipinski definition) is 8. The highest BCUT2D eigenvalue weighted by molar-refractivity contribution is 5.28. The lowest BCUT2D eigenvalue weighted by atomic mass is 10.1. The highest BCUT2D eigenvalue weighted by Crippen LogP contribution is 2.29. The topological polar surface area (TPSA) is 121 Å². The molecule has 1 aliphatic rings. The van der Waals surface area contributed by atoms with E-state index in [1.807, 2.05) is 24.3 Å². The first-order valence-electron chi connectivity index (χ1n) is 11.5. The molecule has 0 bridgehead atoms. The molecule has 1 fully saturated rings. The lowest BCUT2D eigenvalue weighted by Gasteiger charge is -2.20. The van der Waals surface area contributed by atoms with Crippen LogP contribution in [0, 0.1) is 6.92 Å². The fourth-order valence-electron chi connectivity index (χ4n) is 4.10. The molecule has 0 unspecified atom stereocenters. The van der Waals surface area contributed by atoms with E-state index in [9.17, 15) is 19.8 Å². The molecule has 0 spiro atoms. The van der Waals surface area contributed by atoms with Crippen LogP contribution >= 0.6 is 0 Å². The van der Waals surface area contributed by atoms with Crippen LogP contribution < -0.4 is 20.7 Å². The number of aliphatic hydroxyl groups excluding tert-OH is 2. The van der Waals surface area contributed by atoms with E-state index in [1.54, 1.807) is 45.4 Å². The van der Waals surface area contributed by atoms with Crippen LogP contribution in [-0.2, 0) is 22.6 Å². The first-order valence-corrected chi connectivity index (χ1v) is 11.5. The van der Waals surface area contributed by atoms with E-state index in [1.165, 1.54) is 6.20 Å². The van der Waals surface area contributed by atoms with Gasteiger partial charge in [0.25, 0.3) is 5.56 Å². The van der Waals surface area contributed by atoms with Crippen molar-refractivity contribution in [2.75, 3.05) is 20.8 Å². The minimum Gasteiger partial charge on any atom is -0.497 e. The second kappa shape index (κ2) is 11.1. The number of methoxy groups -OCH3 is 2. The van der Waals surface area contributed by atoms with E-state index in [0.717, 1.165) is 26.0 Å². The summed E-state index contributed by atoms with van der Waals surface area (Å²) in [5, 5.41) is 21.2. The number of nitrogens with zero attached hydrogens (tertiary/aromatic N) is 2. The molecule has 0 saturated carbocycles. The summed E-state index contributed by atoms with van der Waals surface area (Å²) in [6.07, 6.45) is -3.36. The van der Waals surface area contributed by atoms with Crippen molar-refractivity contribution in [1.82, 2.24) is 9.13 Å². The van der Waals surface area contributed by atoms with Gasteiger partial charge >= 0.3 is 5.69 Å². The maximum Gasteiger partial charge on any atom is 0.333 e. The molecule has 2 aromatic carbocycles. The molecule has 0 amide bonds. The Kier molecular flexibility index (Phi) is 7.90. The van der Waals surface area contributed by atoms with Gasteiger partial charge in [0.2, 0.25) is 0 Å². The molecular weight excluding hydrogens is 468 g/mol. The predicted molar refractivity (Wildman–Crippen MR) is 130 cm³/mol. The van der Waals surface area contributed by atoms with Gasteiger partial charge in [-0.2, -0.15) is 0 Å². The molecule has 4 rings (SSSR count). The van der Waals surface area contributed by atoms with Crippen LogP contribution in [0.4, 0.5) is 0 Å². The average Bonchev–Trinajstić information content (AvgIpc) is 3.18. The number of ether oxygens (including phenoxy) is 4. The molecule has 10 heteroatoms. The monoisotopic (exact) mass is 498 g/mol. The zero-order valence-electron chi connectivity index (χ0n) is 20.4. The molecule has 1 aromatic heterocycles. The van der Waals surface area contributed by atoms with Gasteiger partial charge in [0, 0.05) is 11.8 Å². The van der Waals surface area contributed by atoms with Gasteiger partial charge in [0.1, 0.15) is 29.8 Å². The van der Waals surface area contributed by atoms with Crippen LogP contribution in [0.3, 0.4) is 0 Å². The number of aryl methyl sites for hydroxylation is 1. The van der Waals surface area contributed by atoms with Crippen LogP contribution in [0.15, 0.2) is 64.3 Å². The largest absolute Gasteiger partial charge is 0.497 e. The lowest BCUT2D eigenvalue weighted by molar-refractivity contribution is -0.0715. The molecule has 2 N–H and O–H groups in total. The van der Waals surface area contributed by atoms with E-state index >= 15 is 0 Å². The van der Waals surface area contributed by atoms with Crippen molar-refractivity contribution in [2.45, 2.75) is 44.6 Å². The highest BCUT2D eigenvalue weighted by Gasteiger charge is 2.44. The summed E-state index contributed by atoms with van der Waals surface area (Å²) in [6, 6.07) is 14.4. The molecular formula is C26H30N2O8. The first-order chi connectivity index (χ1) is 17.3. The summed E-state index contributed by atoms with van der Waals surface area (Å²) in [5.41, 5.74) is 0.826. The number of hydrogen-bond donors (Lipinski definition) is 2. The van der Waals surface area contributed by atoms with E-state index in [2.05, 4.69) is 0 Å². The molecule has 10 nitrogen and oxygen atoms in total. The van der Waals surface area contributed by atoms with Gasteiger partial charge in [-0.05, 0) is 42.3 Å². The summed E-state index contributed by atoms with van der Waals surface area (Å²) in [6.45, 7) is 1.88. The Labute approximate surface area is 207 Å². The molecule has 1 saturated heterocycles. The van der Waals surface area contributed by atoms with Gasteiger partial charge in [-0.3, -0.25) is 13.9 Å². The smallest absolute Gasteiger partial charge is 0.333 e. The summed E-state index contributed by atoms with van der Waals surface area (Å²) in [4.78, 5) is 26.0. The van der Waals surface area contributed by atoms with Crippen LogP contribution in [0.5, 0.6) is 11.5 Å². The zero-order valence-corrected chi connectivity index (χ0v) is 20.4. The Balaban J connectivity index is 1.49. The van der Waals surface area contributed by atoms with Crippen molar-refractivity contribution in [1.29, 1.82) is 0 Å². The van der Waals surface area contributed by atoms with E-state index in [-0.39, 0.29) is 19.8 Å². The van der Waals surface area contributed by atoms with Crippen molar-refractivity contribution < 1.29 is 29.2 Å². The van der Waals surface area contributed by atoms with Gasteiger partial charge in [0.05, 0.1) is 34.0 Å². The van der Waals surface area contributed by atoms with Gasteiger partial charge in [-0.15, -0.1) is 0 Å². The molecule has 4 atom stereocenters. The number of benzene rings is 2. The van der Waals surface area contributed by atoms with E-state index in [0.29, 0.717) is 11.3 Å². The van der Waals surface area contributed by atoms with Crippen molar-refractivity contribution in [3.05, 3.63) is 92.3 Å². The van der Waals surface area contributed by atoms with Crippen LogP contribution in [0.2, 0.25) is 0 Å². The van der Waals surface area contributed by atoms with E-state index in [4.69, 9.17) is 18.9 Å². The molecule has 1 aliphatic heterocycles. The fourth-order valence-corrected chi connectivity index (χ4v) is 4.10. The van der Waals surface area contributed by atoms with Crippen molar-refractivity contribution >= 4 is 0 Å². The third-order valence-corrected chi connectivity index (χ3v) is 6.19.